The van der Waals surface area contributed by atoms with Crippen LogP contribution in [0.2, 0.25) is 10.0 Å². The van der Waals surface area contributed by atoms with Gasteiger partial charge in [0.05, 0.1) is 15.0 Å². The van der Waals surface area contributed by atoms with Crippen LogP contribution < -0.4 is 10.1 Å². The predicted molar refractivity (Wildman–Crippen MR) is 103 cm³/mol. The van der Waals surface area contributed by atoms with E-state index in [4.69, 9.17) is 33.2 Å². The summed E-state index contributed by atoms with van der Waals surface area (Å²) in [7, 11) is 0. The van der Waals surface area contributed by atoms with E-state index in [9.17, 15) is 20.2 Å². The third kappa shape index (κ3) is 5.21. The van der Waals surface area contributed by atoms with E-state index in [-0.39, 0.29) is 39.3 Å². The van der Waals surface area contributed by atoms with Crippen LogP contribution in [0, 0.1) is 32.8 Å². The zero-order chi connectivity index (χ0) is 20.7. The lowest BCUT2D eigenvalue weighted by atomic mass is 10.1. The highest BCUT2D eigenvalue weighted by molar-refractivity contribution is 6.37. The van der Waals surface area contributed by atoms with Crippen molar-refractivity contribution in [1.29, 1.82) is 10.5 Å². The number of halogens is 2. The summed E-state index contributed by atoms with van der Waals surface area (Å²) in [6, 6.07) is 11.7. The molecular weight excluding hydrogens is 407 g/mol. The Bertz CT molecular complexity index is 1030. The Morgan fingerprint density at radius 2 is 1.93 bits per heavy atom. The number of rotatable bonds is 6. The van der Waals surface area contributed by atoms with E-state index < -0.39 is 10.8 Å². The highest BCUT2D eigenvalue weighted by Crippen LogP contribution is 2.34. The molecule has 0 saturated carbocycles. The van der Waals surface area contributed by atoms with Gasteiger partial charge in [0.1, 0.15) is 17.7 Å². The summed E-state index contributed by atoms with van der Waals surface area (Å²) in [6.45, 7) is -0.246. The summed E-state index contributed by atoms with van der Waals surface area (Å²) in [4.78, 5) is 22.5. The number of amides is 1. The molecule has 0 spiro atoms. The standard InChI is InChI=1S/C18H10Cl2N4O4/c19-15-7-11(8-16(20)17(15)28-5-4-21)6-12(10-22)18(25)23-13-2-1-3-14(9-13)24(26)27/h1-3,6-9H,5H2,(H,23,25)/b12-6+. The lowest BCUT2D eigenvalue weighted by Crippen LogP contribution is -2.13. The van der Waals surface area contributed by atoms with Gasteiger partial charge < -0.3 is 10.1 Å². The SMILES string of the molecule is N#CCOc1c(Cl)cc(/C=C(\C#N)C(=O)Nc2cccc([N+](=O)[O-])c2)cc1Cl. The summed E-state index contributed by atoms with van der Waals surface area (Å²) in [6.07, 6.45) is 1.25. The van der Waals surface area contributed by atoms with Crippen LogP contribution in [0.15, 0.2) is 42.0 Å². The number of nitro benzene ring substituents is 1. The molecule has 0 aliphatic rings. The van der Waals surface area contributed by atoms with Crippen LogP contribution in [-0.4, -0.2) is 17.4 Å². The number of carbonyl (C=O) groups is 1. The van der Waals surface area contributed by atoms with Crippen LogP contribution in [0.3, 0.4) is 0 Å². The highest BCUT2D eigenvalue weighted by atomic mass is 35.5. The number of nitro groups is 1. The molecule has 0 aliphatic heterocycles. The van der Waals surface area contributed by atoms with E-state index in [1.807, 2.05) is 0 Å². The van der Waals surface area contributed by atoms with Gasteiger partial charge in [-0.05, 0) is 29.8 Å². The molecule has 1 N–H and O–H groups in total. The molecule has 2 aromatic carbocycles. The first-order valence-corrected chi connectivity index (χ1v) is 8.27. The van der Waals surface area contributed by atoms with Crippen molar-refractivity contribution < 1.29 is 14.5 Å². The predicted octanol–water partition coefficient (Wildman–Crippen LogP) is 4.35. The maximum absolute atomic E-state index is 12.3. The van der Waals surface area contributed by atoms with Gasteiger partial charge in [0.25, 0.3) is 11.6 Å². The minimum atomic E-state index is -0.764. The topological polar surface area (TPSA) is 129 Å². The number of nitrogens with zero attached hydrogens (tertiary/aromatic N) is 3. The fourth-order valence-electron chi connectivity index (χ4n) is 2.12. The molecule has 8 nitrogen and oxygen atoms in total. The molecular formula is C18H10Cl2N4O4. The smallest absolute Gasteiger partial charge is 0.271 e. The third-order valence-corrected chi connectivity index (χ3v) is 3.85. The normalized spacial score (nSPS) is 10.5. The summed E-state index contributed by atoms with van der Waals surface area (Å²) in [5.74, 6) is -0.651. The van der Waals surface area contributed by atoms with Crippen LogP contribution in [0.5, 0.6) is 5.75 Å². The van der Waals surface area contributed by atoms with Gasteiger partial charge in [-0.25, -0.2) is 0 Å². The molecule has 10 heteroatoms. The Morgan fingerprint density at radius 3 is 2.50 bits per heavy atom. The van der Waals surface area contributed by atoms with Crippen molar-refractivity contribution in [2.45, 2.75) is 0 Å². The molecule has 2 aromatic rings. The quantitative estimate of drug-likeness (QED) is 0.322. The Hall–Kier alpha value is -3.59. The molecule has 140 valence electrons. The number of carbonyl (C=O) groups excluding carboxylic acids is 1. The van der Waals surface area contributed by atoms with E-state index in [1.54, 1.807) is 12.1 Å². The molecule has 0 atom stereocenters. The van der Waals surface area contributed by atoms with E-state index in [0.717, 1.165) is 0 Å². The highest BCUT2D eigenvalue weighted by Gasteiger charge is 2.14. The molecule has 0 fully saturated rings. The van der Waals surface area contributed by atoms with Gasteiger partial charge in [0.15, 0.2) is 12.4 Å². The minimum Gasteiger partial charge on any atom is -0.476 e. The van der Waals surface area contributed by atoms with Gasteiger partial charge >= 0.3 is 0 Å². The van der Waals surface area contributed by atoms with Crippen molar-refractivity contribution in [3.8, 4) is 17.9 Å². The van der Waals surface area contributed by atoms with Crippen molar-refractivity contribution in [3.05, 3.63) is 67.7 Å². The number of hydrogen-bond donors (Lipinski definition) is 1. The monoisotopic (exact) mass is 416 g/mol. The second-order valence-corrected chi connectivity index (χ2v) is 6.01. The first-order chi connectivity index (χ1) is 13.3. The zero-order valence-electron chi connectivity index (χ0n) is 14.0. The van der Waals surface area contributed by atoms with Crippen LogP contribution in [-0.2, 0) is 4.79 Å². The molecule has 1 amide bonds. The molecule has 0 unspecified atom stereocenters. The van der Waals surface area contributed by atoms with Crippen molar-refractivity contribution in [3.63, 3.8) is 0 Å². The average molecular weight is 417 g/mol. The van der Waals surface area contributed by atoms with Crippen molar-refractivity contribution in [1.82, 2.24) is 0 Å². The number of benzene rings is 2. The van der Waals surface area contributed by atoms with Gasteiger partial charge in [-0.15, -0.1) is 0 Å². The largest absolute Gasteiger partial charge is 0.476 e. The Morgan fingerprint density at radius 1 is 1.25 bits per heavy atom. The molecule has 0 aromatic heterocycles. The summed E-state index contributed by atoms with van der Waals surface area (Å²) >= 11 is 12.1. The van der Waals surface area contributed by atoms with Gasteiger partial charge in [-0.2, -0.15) is 10.5 Å². The lowest BCUT2D eigenvalue weighted by molar-refractivity contribution is -0.384. The van der Waals surface area contributed by atoms with E-state index in [0.29, 0.717) is 5.56 Å². The molecule has 0 saturated heterocycles. The number of hydrogen-bond acceptors (Lipinski definition) is 6. The van der Waals surface area contributed by atoms with Crippen molar-refractivity contribution >= 4 is 46.6 Å². The first kappa shape index (κ1) is 20.7. The van der Waals surface area contributed by atoms with E-state index >= 15 is 0 Å². The van der Waals surface area contributed by atoms with E-state index in [1.165, 1.54) is 42.5 Å². The van der Waals surface area contributed by atoms with Crippen LogP contribution in [0.1, 0.15) is 5.56 Å². The zero-order valence-corrected chi connectivity index (χ0v) is 15.5. The van der Waals surface area contributed by atoms with Gasteiger partial charge in [0, 0.05) is 17.8 Å². The van der Waals surface area contributed by atoms with Crippen LogP contribution in [0.4, 0.5) is 11.4 Å². The maximum Gasteiger partial charge on any atom is 0.271 e. The van der Waals surface area contributed by atoms with E-state index in [2.05, 4.69) is 5.32 Å². The number of ether oxygens (including phenoxy) is 1. The third-order valence-electron chi connectivity index (χ3n) is 3.29. The van der Waals surface area contributed by atoms with Gasteiger partial charge in [-0.1, -0.05) is 29.3 Å². The second-order valence-electron chi connectivity index (χ2n) is 5.19. The number of non-ortho nitro benzene ring substituents is 1. The van der Waals surface area contributed by atoms with Crippen molar-refractivity contribution in [2.24, 2.45) is 0 Å². The van der Waals surface area contributed by atoms with Crippen molar-refractivity contribution in [2.75, 3.05) is 11.9 Å². The summed E-state index contributed by atoms with van der Waals surface area (Å²) in [5, 5.41) is 31.3. The van der Waals surface area contributed by atoms with Gasteiger partial charge in [-0.3, -0.25) is 14.9 Å². The van der Waals surface area contributed by atoms with Gasteiger partial charge in [0.2, 0.25) is 0 Å². The molecule has 0 aliphatic carbocycles. The Kier molecular flexibility index (Phi) is 6.94. The first-order valence-electron chi connectivity index (χ1n) is 7.52. The molecule has 0 heterocycles. The summed E-state index contributed by atoms with van der Waals surface area (Å²) in [5.41, 5.74) is 0.0397. The fourth-order valence-corrected chi connectivity index (χ4v) is 2.73. The second kappa shape index (κ2) is 9.38. The van der Waals surface area contributed by atoms with Crippen LogP contribution >= 0.6 is 23.2 Å². The molecule has 0 bridgehead atoms. The summed E-state index contributed by atoms with van der Waals surface area (Å²) < 4.78 is 5.11. The number of nitrogens with one attached hydrogen (secondary N) is 1. The number of anilines is 1. The van der Waals surface area contributed by atoms with Crippen LogP contribution in [0.25, 0.3) is 6.08 Å². The maximum atomic E-state index is 12.3. The molecule has 28 heavy (non-hydrogen) atoms. The average Bonchev–Trinajstić information content (AvgIpc) is 2.65. The Labute approximate surface area is 169 Å². The molecule has 2 rings (SSSR count). The Balaban J connectivity index is 2.27. The minimum absolute atomic E-state index is 0.102. The molecule has 0 radical (unpaired) electrons. The number of nitriles is 2. The fraction of sp³-hybridized carbons (Fsp3) is 0.0556. The lowest BCUT2D eigenvalue weighted by Gasteiger charge is -2.08.